The first kappa shape index (κ1) is 12.1. The van der Waals surface area contributed by atoms with Gasteiger partial charge in [-0.15, -0.1) is 0 Å². The summed E-state index contributed by atoms with van der Waals surface area (Å²) < 4.78 is 24.3. The molecular formula is C12H15NO3S. The number of hydrogen-bond donors (Lipinski definition) is 0. The normalized spacial score (nSPS) is 18.7. The van der Waals surface area contributed by atoms with Gasteiger partial charge in [-0.3, -0.25) is 4.79 Å². The SMILES string of the molecule is Cc1ccc(CN2C(=O)CCS2(=O)=O)c(C)c1. The van der Waals surface area contributed by atoms with E-state index in [0.29, 0.717) is 0 Å². The lowest BCUT2D eigenvalue weighted by molar-refractivity contribution is -0.125. The smallest absolute Gasteiger partial charge is 0.238 e. The van der Waals surface area contributed by atoms with Crippen LogP contribution < -0.4 is 0 Å². The van der Waals surface area contributed by atoms with Gasteiger partial charge in [0.25, 0.3) is 0 Å². The molecule has 1 aromatic rings. The maximum absolute atomic E-state index is 11.7. The molecule has 2 rings (SSSR count). The van der Waals surface area contributed by atoms with E-state index in [1.165, 1.54) is 0 Å². The van der Waals surface area contributed by atoms with Crippen LogP contribution in [0.5, 0.6) is 0 Å². The molecule has 17 heavy (non-hydrogen) atoms. The Morgan fingerprint density at radius 2 is 2.00 bits per heavy atom. The number of nitrogens with zero attached hydrogens (tertiary/aromatic N) is 1. The van der Waals surface area contributed by atoms with Gasteiger partial charge in [0.2, 0.25) is 15.9 Å². The van der Waals surface area contributed by atoms with Crippen molar-refractivity contribution in [1.29, 1.82) is 0 Å². The van der Waals surface area contributed by atoms with Crippen molar-refractivity contribution in [3.63, 3.8) is 0 Å². The second-order valence-electron chi connectivity index (χ2n) is 4.40. The molecule has 92 valence electrons. The minimum atomic E-state index is -3.38. The molecule has 0 radical (unpaired) electrons. The van der Waals surface area contributed by atoms with Gasteiger partial charge in [0, 0.05) is 6.42 Å². The molecule has 1 amide bonds. The molecule has 0 spiro atoms. The van der Waals surface area contributed by atoms with E-state index < -0.39 is 10.0 Å². The topological polar surface area (TPSA) is 54.5 Å². The third-order valence-electron chi connectivity index (χ3n) is 3.00. The molecule has 0 aromatic heterocycles. The summed E-state index contributed by atoms with van der Waals surface area (Å²) in [6.45, 7) is 4.07. The zero-order chi connectivity index (χ0) is 12.6. The summed E-state index contributed by atoms with van der Waals surface area (Å²) >= 11 is 0. The molecule has 5 heteroatoms. The van der Waals surface area contributed by atoms with E-state index in [1.54, 1.807) is 0 Å². The van der Waals surface area contributed by atoms with E-state index in [4.69, 9.17) is 0 Å². The van der Waals surface area contributed by atoms with Crippen molar-refractivity contribution in [2.75, 3.05) is 5.75 Å². The highest BCUT2D eigenvalue weighted by molar-refractivity contribution is 7.90. The van der Waals surface area contributed by atoms with Crippen LogP contribution in [0, 0.1) is 13.8 Å². The Kier molecular flexibility index (Phi) is 2.95. The van der Waals surface area contributed by atoms with Crippen molar-refractivity contribution in [2.45, 2.75) is 26.8 Å². The van der Waals surface area contributed by atoms with Gasteiger partial charge in [-0.25, -0.2) is 12.7 Å². The zero-order valence-electron chi connectivity index (χ0n) is 9.93. The molecule has 1 aliphatic rings. The highest BCUT2D eigenvalue weighted by Gasteiger charge is 2.34. The van der Waals surface area contributed by atoms with Gasteiger partial charge < -0.3 is 0 Å². The van der Waals surface area contributed by atoms with Crippen molar-refractivity contribution in [3.05, 3.63) is 34.9 Å². The highest BCUT2D eigenvalue weighted by Crippen LogP contribution is 2.20. The molecule has 4 nitrogen and oxygen atoms in total. The predicted octanol–water partition coefficient (Wildman–Crippen LogP) is 1.37. The number of aryl methyl sites for hydroxylation is 2. The van der Waals surface area contributed by atoms with Crippen molar-refractivity contribution < 1.29 is 13.2 Å². The summed E-state index contributed by atoms with van der Waals surface area (Å²) in [5.74, 6) is -0.360. The lowest BCUT2D eigenvalue weighted by atomic mass is 10.1. The first-order chi connectivity index (χ1) is 7.90. The van der Waals surface area contributed by atoms with E-state index in [0.717, 1.165) is 21.0 Å². The van der Waals surface area contributed by atoms with Crippen LogP contribution in [0.2, 0.25) is 0 Å². The van der Waals surface area contributed by atoms with Crippen LogP contribution in [-0.2, 0) is 21.4 Å². The third kappa shape index (κ3) is 2.34. The Labute approximate surface area is 101 Å². The van der Waals surface area contributed by atoms with Crippen molar-refractivity contribution in [2.24, 2.45) is 0 Å². The van der Waals surface area contributed by atoms with Crippen LogP contribution in [0.4, 0.5) is 0 Å². The van der Waals surface area contributed by atoms with E-state index in [-0.39, 0.29) is 24.6 Å². The first-order valence-electron chi connectivity index (χ1n) is 5.49. The largest absolute Gasteiger partial charge is 0.274 e. The van der Waals surface area contributed by atoms with E-state index in [9.17, 15) is 13.2 Å². The number of sulfonamides is 1. The van der Waals surface area contributed by atoms with Crippen molar-refractivity contribution in [3.8, 4) is 0 Å². The molecule has 0 aliphatic carbocycles. The predicted molar refractivity (Wildman–Crippen MR) is 64.9 cm³/mol. The number of carbonyl (C=O) groups excluding carboxylic acids is 1. The van der Waals surface area contributed by atoms with Gasteiger partial charge in [-0.05, 0) is 25.0 Å². The van der Waals surface area contributed by atoms with Crippen LogP contribution in [0.3, 0.4) is 0 Å². The van der Waals surface area contributed by atoms with Crippen LogP contribution in [-0.4, -0.2) is 24.4 Å². The first-order valence-corrected chi connectivity index (χ1v) is 7.10. The zero-order valence-corrected chi connectivity index (χ0v) is 10.8. The molecule has 0 atom stereocenters. The molecule has 1 saturated heterocycles. The van der Waals surface area contributed by atoms with Crippen molar-refractivity contribution >= 4 is 15.9 Å². The van der Waals surface area contributed by atoms with Gasteiger partial charge in [0.1, 0.15) is 0 Å². The van der Waals surface area contributed by atoms with E-state index >= 15 is 0 Å². The van der Waals surface area contributed by atoms with Gasteiger partial charge in [0.05, 0.1) is 12.3 Å². The maximum atomic E-state index is 11.7. The maximum Gasteiger partial charge on any atom is 0.238 e. The fourth-order valence-corrected chi connectivity index (χ4v) is 3.36. The number of carbonyl (C=O) groups is 1. The standard InChI is InChI=1S/C12H15NO3S/c1-9-3-4-11(10(2)7-9)8-13-12(14)5-6-17(13,15)16/h3-4,7H,5-6,8H2,1-2H3. The van der Waals surface area contributed by atoms with Gasteiger partial charge >= 0.3 is 0 Å². The lowest BCUT2D eigenvalue weighted by Crippen LogP contribution is -2.29. The van der Waals surface area contributed by atoms with E-state index in [1.807, 2.05) is 32.0 Å². The third-order valence-corrected chi connectivity index (χ3v) is 4.72. The van der Waals surface area contributed by atoms with Crippen LogP contribution >= 0.6 is 0 Å². The summed E-state index contributed by atoms with van der Waals surface area (Å²) in [7, 11) is -3.38. The number of amides is 1. The summed E-state index contributed by atoms with van der Waals surface area (Å²) in [4.78, 5) is 11.5. The molecule has 1 heterocycles. The molecular weight excluding hydrogens is 238 g/mol. The second-order valence-corrected chi connectivity index (χ2v) is 6.41. The van der Waals surface area contributed by atoms with Crippen LogP contribution in [0.15, 0.2) is 18.2 Å². The molecule has 0 bridgehead atoms. The van der Waals surface area contributed by atoms with Crippen molar-refractivity contribution in [1.82, 2.24) is 4.31 Å². The average Bonchev–Trinajstić information content (AvgIpc) is 2.48. The number of hydrogen-bond acceptors (Lipinski definition) is 3. The summed E-state index contributed by atoms with van der Waals surface area (Å²) in [5.41, 5.74) is 3.02. The number of benzene rings is 1. The Balaban J connectivity index is 2.29. The number of rotatable bonds is 2. The highest BCUT2D eigenvalue weighted by atomic mass is 32.2. The Morgan fingerprint density at radius 1 is 1.29 bits per heavy atom. The molecule has 1 fully saturated rings. The Hall–Kier alpha value is -1.36. The fourth-order valence-electron chi connectivity index (χ4n) is 1.97. The monoisotopic (exact) mass is 253 g/mol. The van der Waals surface area contributed by atoms with Gasteiger partial charge in [-0.2, -0.15) is 0 Å². The van der Waals surface area contributed by atoms with E-state index in [2.05, 4.69) is 0 Å². The fraction of sp³-hybridized carbons (Fsp3) is 0.417. The van der Waals surface area contributed by atoms with Gasteiger partial charge in [0.15, 0.2) is 0 Å². The van der Waals surface area contributed by atoms with Gasteiger partial charge in [-0.1, -0.05) is 23.8 Å². The Morgan fingerprint density at radius 3 is 2.53 bits per heavy atom. The lowest BCUT2D eigenvalue weighted by Gasteiger charge is -2.16. The second kappa shape index (κ2) is 4.14. The molecule has 0 N–H and O–H groups in total. The minimum Gasteiger partial charge on any atom is -0.274 e. The average molecular weight is 253 g/mol. The summed E-state index contributed by atoms with van der Waals surface area (Å²) in [6.07, 6.45) is 0.104. The molecule has 0 saturated carbocycles. The molecule has 1 aromatic carbocycles. The minimum absolute atomic E-state index is 0.0588. The summed E-state index contributed by atoms with van der Waals surface area (Å²) in [5, 5.41) is 0. The quantitative estimate of drug-likeness (QED) is 0.799. The molecule has 0 unspecified atom stereocenters. The Bertz CT molecular complexity index is 563. The van der Waals surface area contributed by atoms with Crippen LogP contribution in [0.25, 0.3) is 0 Å². The summed E-state index contributed by atoms with van der Waals surface area (Å²) in [6, 6.07) is 5.80. The molecule has 1 aliphatic heterocycles. The van der Waals surface area contributed by atoms with Crippen LogP contribution in [0.1, 0.15) is 23.1 Å².